The number of nitrogens with one attached hydrogen (secondary N) is 1. The van der Waals surface area contributed by atoms with Crippen LogP contribution in [0.1, 0.15) is 34.1 Å². The molecular weight excluding hydrogens is 224 g/mol. The molecule has 0 heterocycles. The molecule has 0 spiro atoms. The fraction of sp³-hybridized carbons (Fsp3) is 0.733. The van der Waals surface area contributed by atoms with Crippen molar-refractivity contribution in [1.82, 2.24) is 10.2 Å². The first-order valence-electron chi connectivity index (χ1n) is 6.91. The van der Waals surface area contributed by atoms with E-state index < -0.39 is 0 Å². The molecule has 0 saturated carbocycles. The molecule has 0 fully saturated rings. The Kier molecular flexibility index (Phi) is 9.70. The molecule has 0 aliphatic carbocycles. The Bertz CT molecular complexity index is 261. The molecule has 18 heavy (non-hydrogen) atoms. The molecule has 0 amide bonds. The molecule has 0 aromatic rings. The van der Waals surface area contributed by atoms with Crippen LogP contribution in [0.15, 0.2) is 24.0 Å². The van der Waals surface area contributed by atoms with Crippen molar-refractivity contribution in [1.29, 1.82) is 0 Å². The Labute approximate surface area is 113 Å². The molecule has 106 valence electrons. The van der Waals surface area contributed by atoms with E-state index in [0.29, 0.717) is 12.6 Å². The SMILES string of the molecule is C=C(/C=C(\C)OCC)CN(C)C(C)CCNCC. The van der Waals surface area contributed by atoms with Crippen molar-refractivity contribution >= 4 is 0 Å². The van der Waals surface area contributed by atoms with Crippen molar-refractivity contribution in [2.24, 2.45) is 0 Å². The zero-order valence-corrected chi connectivity index (χ0v) is 12.8. The average Bonchev–Trinajstić information content (AvgIpc) is 2.28. The molecule has 1 unspecified atom stereocenters. The van der Waals surface area contributed by atoms with Crippen molar-refractivity contribution in [3.05, 3.63) is 24.0 Å². The van der Waals surface area contributed by atoms with Gasteiger partial charge in [0.15, 0.2) is 0 Å². The maximum Gasteiger partial charge on any atom is 0.0931 e. The lowest BCUT2D eigenvalue weighted by molar-refractivity contribution is 0.230. The lowest BCUT2D eigenvalue weighted by Crippen LogP contribution is -2.33. The quantitative estimate of drug-likeness (QED) is 0.368. The van der Waals surface area contributed by atoms with Gasteiger partial charge in [0, 0.05) is 12.6 Å². The fourth-order valence-electron chi connectivity index (χ4n) is 1.79. The zero-order valence-electron chi connectivity index (χ0n) is 12.8. The van der Waals surface area contributed by atoms with E-state index in [0.717, 1.165) is 37.4 Å². The maximum atomic E-state index is 5.41. The summed E-state index contributed by atoms with van der Waals surface area (Å²) in [7, 11) is 2.14. The highest BCUT2D eigenvalue weighted by Crippen LogP contribution is 2.07. The fourth-order valence-corrected chi connectivity index (χ4v) is 1.79. The van der Waals surface area contributed by atoms with Crippen LogP contribution in [-0.2, 0) is 4.74 Å². The number of allylic oxidation sites excluding steroid dienone is 1. The van der Waals surface area contributed by atoms with Crippen molar-refractivity contribution in [3.8, 4) is 0 Å². The van der Waals surface area contributed by atoms with Gasteiger partial charge in [-0.05, 0) is 59.0 Å². The molecule has 0 radical (unpaired) electrons. The lowest BCUT2D eigenvalue weighted by atomic mass is 10.1. The minimum Gasteiger partial charge on any atom is -0.499 e. The van der Waals surface area contributed by atoms with E-state index in [1.807, 2.05) is 19.9 Å². The first-order valence-corrected chi connectivity index (χ1v) is 6.91. The standard InChI is InChI=1S/C15H30N2O/c1-7-16-10-9-14(4)17(6)12-13(3)11-15(5)18-8-2/h11,14,16H,3,7-10,12H2,1-2,4-6H3/b15-11+. The number of rotatable bonds is 10. The molecule has 0 aromatic carbocycles. The molecule has 1 N–H and O–H groups in total. The highest BCUT2D eigenvalue weighted by molar-refractivity contribution is 5.18. The van der Waals surface area contributed by atoms with Gasteiger partial charge < -0.3 is 10.1 Å². The van der Waals surface area contributed by atoms with E-state index in [-0.39, 0.29) is 0 Å². The summed E-state index contributed by atoms with van der Waals surface area (Å²) in [5, 5.41) is 3.36. The van der Waals surface area contributed by atoms with Gasteiger partial charge in [0.1, 0.15) is 0 Å². The normalized spacial score (nSPS) is 13.8. The minimum atomic E-state index is 0.557. The van der Waals surface area contributed by atoms with Gasteiger partial charge in [0.2, 0.25) is 0 Å². The summed E-state index contributed by atoms with van der Waals surface area (Å²) in [6, 6.07) is 0.557. The Morgan fingerprint density at radius 2 is 2.11 bits per heavy atom. The van der Waals surface area contributed by atoms with E-state index in [9.17, 15) is 0 Å². The van der Waals surface area contributed by atoms with Crippen LogP contribution in [0.4, 0.5) is 0 Å². The summed E-state index contributed by atoms with van der Waals surface area (Å²) in [6.45, 7) is 16.2. The van der Waals surface area contributed by atoms with Gasteiger partial charge >= 0.3 is 0 Å². The number of ether oxygens (including phenoxy) is 1. The second-order valence-corrected chi connectivity index (χ2v) is 4.75. The van der Waals surface area contributed by atoms with Crippen LogP contribution < -0.4 is 5.32 Å². The highest BCUT2D eigenvalue weighted by atomic mass is 16.5. The van der Waals surface area contributed by atoms with Crippen LogP contribution in [0.3, 0.4) is 0 Å². The first kappa shape index (κ1) is 17.2. The summed E-state index contributed by atoms with van der Waals surface area (Å²) in [4.78, 5) is 2.33. The van der Waals surface area contributed by atoms with Gasteiger partial charge in [-0.25, -0.2) is 0 Å². The van der Waals surface area contributed by atoms with Gasteiger partial charge in [-0.1, -0.05) is 13.5 Å². The van der Waals surface area contributed by atoms with Gasteiger partial charge in [-0.2, -0.15) is 0 Å². The monoisotopic (exact) mass is 254 g/mol. The van der Waals surface area contributed by atoms with Crippen molar-refractivity contribution in [3.63, 3.8) is 0 Å². The molecule has 3 nitrogen and oxygen atoms in total. The van der Waals surface area contributed by atoms with Crippen molar-refractivity contribution in [2.45, 2.75) is 40.2 Å². The van der Waals surface area contributed by atoms with Gasteiger partial charge in [-0.15, -0.1) is 0 Å². The van der Waals surface area contributed by atoms with Gasteiger partial charge in [-0.3, -0.25) is 4.90 Å². The topological polar surface area (TPSA) is 24.5 Å². The Morgan fingerprint density at radius 3 is 2.67 bits per heavy atom. The molecular formula is C15H30N2O. The van der Waals surface area contributed by atoms with Crippen LogP contribution >= 0.6 is 0 Å². The first-order chi connectivity index (χ1) is 8.51. The summed E-state index contributed by atoms with van der Waals surface area (Å²) >= 11 is 0. The van der Waals surface area contributed by atoms with Crippen LogP contribution in [0.2, 0.25) is 0 Å². The van der Waals surface area contributed by atoms with Crippen LogP contribution in [-0.4, -0.2) is 44.2 Å². The van der Waals surface area contributed by atoms with Crippen LogP contribution in [0, 0.1) is 0 Å². The number of hydrogen-bond donors (Lipinski definition) is 1. The highest BCUT2D eigenvalue weighted by Gasteiger charge is 2.09. The van der Waals surface area contributed by atoms with Crippen molar-refractivity contribution in [2.75, 3.05) is 33.3 Å². The Morgan fingerprint density at radius 1 is 1.44 bits per heavy atom. The second-order valence-electron chi connectivity index (χ2n) is 4.75. The minimum absolute atomic E-state index is 0.557. The van der Waals surface area contributed by atoms with E-state index in [1.165, 1.54) is 0 Å². The summed E-state index contributed by atoms with van der Waals surface area (Å²) in [5.74, 6) is 0.941. The number of likely N-dealkylation sites (N-methyl/N-ethyl adjacent to an activating group) is 1. The molecule has 0 aromatic heterocycles. The molecule has 0 aliphatic rings. The Hall–Kier alpha value is -0.800. The average molecular weight is 254 g/mol. The van der Waals surface area contributed by atoms with Crippen molar-refractivity contribution < 1.29 is 4.74 Å². The predicted molar refractivity (Wildman–Crippen MR) is 79.8 cm³/mol. The molecule has 0 bridgehead atoms. The van der Waals surface area contributed by atoms with E-state index in [1.54, 1.807) is 0 Å². The third kappa shape index (κ3) is 8.31. The van der Waals surface area contributed by atoms with Gasteiger partial charge in [0.05, 0.1) is 12.4 Å². The summed E-state index contributed by atoms with van der Waals surface area (Å²) in [6.07, 6.45) is 3.18. The van der Waals surface area contributed by atoms with Crippen LogP contribution in [0.25, 0.3) is 0 Å². The van der Waals surface area contributed by atoms with E-state index in [4.69, 9.17) is 4.74 Å². The third-order valence-electron chi connectivity index (χ3n) is 2.97. The second kappa shape index (κ2) is 10.2. The lowest BCUT2D eigenvalue weighted by Gasteiger charge is -2.25. The molecule has 0 aliphatic heterocycles. The smallest absolute Gasteiger partial charge is 0.0931 e. The third-order valence-corrected chi connectivity index (χ3v) is 2.97. The van der Waals surface area contributed by atoms with Crippen LogP contribution in [0.5, 0.6) is 0 Å². The number of hydrogen-bond acceptors (Lipinski definition) is 3. The molecule has 0 rings (SSSR count). The van der Waals surface area contributed by atoms with Gasteiger partial charge in [0.25, 0.3) is 0 Å². The molecule has 0 saturated heterocycles. The number of nitrogens with zero attached hydrogens (tertiary/aromatic N) is 1. The summed E-state index contributed by atoms with van der Waals surface area (Å²) in [5.41, 5.74) is 1.10. The largest absolute Gasteiger partial charge is 0.499 e. The molecule has 3 heteroatoms. The maximum absolute atomic E-state index is 5.41. The zero-order chi connectivity index (χ0) is 14.0. The Balaban J connectivity index is 4.02. The summed E-state index contributed by atoms with van der Waals surface area (Å²) < 4.78 is 5.41. The van der Waals surface area contributed by atoms with E-state index >= 15 is 0 Å². The molecule has 1 atom stereocenters. The van der Waals surface area contributed by atoms with E-state index in [2.05, 4.69) is 37.7 Å². The predicted octanol–water partition coefficient (Wildman–Crippen LogP) is 2.80.